The van der Waals surface area contributed by atoms with Crippen molar-refractivity contribution in [2.45, 2.75) is 25.8 Å². The number of amides is 3. The molecule has 0 saturated carbocycles. The van der Waals surface area contributed by atoms with E-state index in [2.05, 4.69) is 10.6 Å². The third kappa shape index (κ3) is 5.31. The molecule has 0 aliphatic heterocycles. The summed E-state index contributed by atoms with van der Waals surface area (Å²) in [4.78, 5) is 33.6. The molecule has 21 heavy (non-hydrogen) atoms. The summed E-state index contributed by atoms with van der Waals surface area (Å²) in [5.41, 5.74) is 4.39. The number of hydrogen-bond donors (Lipinski definition) is 4. The number of nitrogens with one attached hydrogen (secondary N) is 2. The summed E-state index contributed by atoms with van der Waals surface area (Å²) in [6.45, 7) is 3.26. The summed E-state index contributed by atoms with van der Waals surface area (Å²) in [6.07, 6.45) is -0.0384. The lowest BCUT2D eigenvalue weighted by Gasteiger charge is -2.25. The first-order chi connectivity index (χ1) is 9.60. The highest BCUT2D eigenvalue weighted by Gasteiger charge is 2.23. The molecule has 0 aromatic heterocycles. The molecule has 0 atom stereocenters. The smallest absolute Gasteiger partial charge is 0.335 e. The molecule has 0 saturated heterocycles. The molecule has 0 heterocycles. The van der Waals surface area contributed by atoms with Crippen LogP contribution < -0.4 is 16.4 Å². The number of aromatic carboxylic acids is 1. The summed E-state index contributed by atoms with van der Waals surface area (Å²) in [5.74, 6) is -1.68. The predicted molar refractivity (Wildman–Crippen MR) is 78.5 cm³/mol. The third-order valence-corrected chi connectivity index (χ3v) is 2.86. The molecule has 1 aromatic rings. The van der Waals surface area contributed by atoms with E-state index in [1.54, 1.807) is 13.8 Å². The van der Waals surface area contributed by atoms with E-state index in [9.17, 15) is 14.4 Å². The second kappa shape index (κ2) is 6.45. The van der Waals surface area contributed by atoms with Gasteiger partial charge in [-0.05, 0) is 32.0 Å². The molecule has 3 amide bonds. The number of carbonyl (C=O) groups excluding carboxylic acids is 2. The van der Waals surface area contributed by atoms with Crippen LogP contribution in [0.3, 0.4) is 0 Å². The molecule has 1 aromatic carbocycles. The van der Waals surface area contributed by atoms with Crippen LogP contribution in [0.4, 0.5) is 10.5 Å². The molecular formula is C13H16ClN3O4. The van der Waals surface area contributed by atoms with E-state index in [0.717, 1.165) is 0 Å². The first kappa shape index (κ1) is 16.8. The Labute approximate surface area is 126 Å². The number of nitrogens with two attached hydrogens (primary N) is 1. The van der Waals surface area contributed by atoms with Crippen LogP contribution in [0.1, 0.15) is 30.6 Å². The van der Waals surface area contributed by atoms with Gasteiger partial charge in [-0.2, -0.15) is 0 Å². The molecule has 0 aliphatic rings. The van der Waals surface area contributed by atoms with Gasteiger partial charge in [-0.25, -0.2) is 9.59 Å². The second-order valence-corrected chi connectivity index (χ2v) is 5.51. The number of primary amides is 1. The molecule has 0 fully saturated rings. The Morgan fingerprint density at radius 2 is 1.95 bits per heavy atom. The molecular weight excluding hydrogens is 298 g/mol. The van der Waals surface area contributed by atoms with Crippen molar-refractivity contribution in [1.82, 2.24) is 5.32 Å². The van der Waals surface area contributed by atoms with E-state index >= 15 is 0 Å². The van der Waals surface area contributed by atoms with Crippen LogP contribution in [0.25, 0.3) is 0 Å². The van der Waals surface area contributed by atoms with Gasteiger partial charge in [0.1, 0.15) is 0 Å². The maximum atomic E-state index is 11.9. The lowest BCUT2D eigenvalue weighted by molar-refractivity contribution is -0.119. The van der Waals surface area contributed by atoms with Crippen LogP contribution >= 0.6 is 11.6 Å². The van der Waals surface area contributed by atoms with Crippen LogP contribution in [0.5, 0.6) is 0 Å². The zero-order chi connectivity index (χ0) is 16.2. The first-order valence-corrected chi connectivity index (χ1v) is 6.39. The summed E-state index contributed by atoms with van der Waals surface area (Å²) in [7, 11) is 0. The normalized spacial score (nSPS) is 10.8. The van der Waals surface area contributed by atoms with Crippen molar-refractivity contribution in [1.29, 1.82) is 0 Å². The van der Waals surface area contributed by atoms with Crippen molar-refractivity contribution in [2.24, 2.45) is 5.73 Å². The van der Waals surface area contributed by atoms with E-state index in [4.69, 9.17) is 22.4 Å². The molecule has 114 valence electrons. The summed E-state index contributed by atoms with van der Waals surface area (Å²) < 4.78 is 0. The zero-order valence-corrected chi connectivity index (χ0v) is 12.3. The molecule has 0 bridgehead atoms. The number of carbonyl (C=O) groups is 3. The number of carboxylic acid groups (broad SMARTS) is 1. The van der Waals surface area contributed by atoms with Gasteiger partial charge < -0.3 is 21.5 Å². The average molecular weight is 314 g/mol. The molecule has 0 spiro atoms. The third-order valence-electron chi connectivity index (χ3n) is 2.53. The highest BCUT2D eigenvalue weighted by Crippen LogP contribution is 2.23. The minimum absolute atomic E-state index is 0.00824. The fourth-order valence-electron chi connectivity index (χ4n) is 1.69. The predicted octanol–water partition coefficient (Wildman–Crippen LogP) is 1.81. The van der Waals surface area contributed by atoms with Gasteiger partial charge in [-0.3, -0.25) is 4.79 Å². The fraction of sp³-hybridized carbons (Fsp3) is 0.308. The summed E-state index contributed by atoms with van der Waals surface area (Å²) in [5, 5.41) is 14.1. The number of urea groups is 1. The van der Waals surface area contributed by atoms with Gasteiger partial charge in [0.2, 0.25) is 5.91 Å². The number of anilines is 1. The Morgan fingerprint density at radius 3 is 2.48 bits per heavy atom. The standard InChI is InChI=1S/C13H16ClN3O4/c1-13(2,6-10(15)18)17-12(21)16-9-5-7(11(19)20)3-4-8(9)14/h3-5H,6H2,1-2H3,(H2,15,18)(H,19,20)(H2,16,17,21). The molecule has 1 rings (SSSR count). The van der Waals surface area contributed by atoms with Gasteiger partial charge in [0.15, 0.2) is 0 Å². The van der Waals surface area contributed by atoms with Crippen LogP contribution in [0.2, 0.25) is 5.02 Å². The van der Waals surface area contributed by atoms with Crippen molar-refractivity contribution in [3.8, 4) is 0 Å². The van der Waals surface area contributed by atoms with Gasteiger partial charge >= 0.3 is 12.0 Å². The fourth-order valence-corrected chi connectivity index (χ4v) is 1.86. The Bertz CT molecular complexity index is 587. The van der Waals surface area contributed by atoms with Gasteiger partial charge in [0, 0.05) is 12.0 Å². The highest BCUT2D eigenvalue weighted by atomic mass is 35.5. The number of halogens is 1. The summed E-state index contributed by atoms with van der Waals surface area (Å²) >= 11 is 5.89. The van der Waals surface area contributed by atoms with Crippen LogP contribution in [0.15, 0.2) is 18.2 Å². The van der Waals surface area contributed by atoms with Crippen molar-refractivity contribution >= 4 is 35.2 Å². The zero-order valence-electron chi connectivity index (χ0n) is 11.6. The van der Waals surface area contributed by atoms with E-state index in [1.165, 1.54) is 18.2 Å². The quantitative estimate of drug-likeness (QED) is 0.662. The minimum Gasteiger partial charge on any atom is -0.478 e. The number of benzene rings is 1. The van der Waals surface area contributed by atoms with E-state index in [0.29, 0.717) is 0 Å². The molecule has 8 heteroatoms. The molecule has 7 nitrogen and oxygen atoms in total. The van der Waals surface area contributed by atoms with Crippen molar-refractivity contribution < 1.29 is 19.5 Å². The molecule has 0 radical (unpaired) electrons. The average Bonchev–Trinajstić information content (AvgIpc) is 2.28. The highest BCUT2D eigenvalue weighted by molar-refractivity contribution is 6.33. The number of rotatable bonds is 5. The van der Waals surface area contributed by atoms with Crippen molar-refractivity contribution in [2.75, 3.05) is 5.32 Å². The Morgan fingerprint density at radius 1 is 1.33 bits per heavy atom. The van der Waals surface area contributed by atoms with Crippen molar-refractivity contribution in [3.63, 3.8) is 0 Å². The minimum atomic E-state index is -1.14. The Kier molecular flexibility index (Phi) is 5.15. The Hall–Kier alpha value is -2.28. The molecule has 0 aliphatic carbocycles. The van der Waals surface area contributed by atoms with Crippen LogP contribution in [0, 0.1) is 0 Å². The SMILES string of the molecule is CC(C)(CC(N)=O)NC(=O)Nc1cc(C(=O)O)ccc1Cl. The topological polar surface area (TPSA) is 122 Å². The molecule has 0 unspecified atom stereocenters. The van der Waals surface area contributed by atoms with Gasteiger partial charge in [-0.15, -0.1) is 0 Å². The maximum Gasteiger partial charge on any atom is 0.335 e. The van der Waals surface area contributed by atoms with Crippen LogP contribution in [-0.2, 0) is 4.79 Å². The van der Waals surface area contributed by atoms with Gasteiger partial charge in [0.05, 0.1) is 16.3 Å². The van der Waals surface area contributed by atoms with E-state index in [1.807, 2.05) is 0 Å². The van der Waals surface area contributed by atoms with Crippen molar-refractivity contribution in [3.05, 3.63) is 28.8 Å². The van der Waals surface area contributed by atoms with E-state index in [-0.39, 0.29) is 22.7 Å². The Balaban J connectivity index is 2.81. The van der Waals surface area contributed by atoms with Gasteiger partial charge in [-0.1, -0.05) is 11.6 Å². The largest absolute Gasteiger partial charge is 0.478 e. The maximum absolute atomic E-state index is 11.9. The lowest BCUT2D eigenvalue weighted by Crippen LogP contribution is -2.47. The number of carboxylic acids is 1. The number of hydrogen-bond acceptors (Lipinski definition) is 3. The van der Waals surface area contributed by atoms with Gasteiger partial charge in [0.25, 0.3) is 0 Å². The lowest BCUT2D eigenvalue weighted by atomic mass is 10.0. The first-order valence-electron chi connectivity index (χ1n) is 6.01. The van der Waals surface area contributed by atoms with E-state index < -0.39 is 23.4 Å². The second-order valence-electron chi connectivity index (χ2n) is 5.11. The summed E-state index contributed by atoms with van der Waals surface area (Å²) in [6, 6.07) is 3.32. The molecule has 5 N–H and O–H groups in total. The monoisotopic (exact) mass is 313 g/mol. The van der Waals surface area contributed by atoms with Crippen LogP contribution in [-0.4, -0.2) is 28.6 Å².